The van der Waals surface area contributed by atoms with Crippen molar-refractivity contribution in [2.24, 2.45) is 5.92 Å². The maximum Gasteiger partial charge on any atom is 0.0143 e. The molecule has 0 aromatic heterocycles. The molecule has 1 heteroatoms. The predicted molar refractivity (Wildman–Crippen MR) is 34.8 cm³/mol. The van der Waals surface area contributed by atoms with Gasteiger partial charge in [-0.15, -0.1) is 12.3 Å². The lowest BCUT2D eigenvalue weighted by atomic mass is 10.2. The Hall–Kier alpha value is -0.0100. The SMILES string of the molecule is C#CC(C)C.P. The summed E-state index contributed by atoms with van der Waals surface area (Å²) in [6.45, 7) is 3.97. The van der Waals surface area contributed by atoms with E-state index in [1.54, 1.807) is 0 Å². The quantitative estimate of drug-likeness (QED) is 0.320. The van der Waals surface area contributed by atoms with Crippen LogP contribution in [0, 0.1) is 18.3 Å². The topological polar surface area (TPSA) is 0 Å². The van der Waals surface area contributed by atoms with Gasteiger partial charge in [-0.25, -0.2) is 0 Å². The van der Waals surface area contributed by atoms with Crippen molar-refractivity contribution < 1.29 is 0 Å². The molecule has 1 atom stereocenters. The molecule has 0 amide bonds. The summed E-state index contributed by atoms with van der Waals surface area (Å²) < 4.78 is 0. The van der Waals surface area contributed by atoms with Crippen LogP contribution in [0.5, 0.6) is 0 Å². The van der Waals surface area contributed by atoms with E-state index in [0.717, 1.165) is 0 Å². The molecule has 0 fully saturated rings. The van der Waals surface area contributed by atoms with E-state index in [2.05, 4.69) is 5.92 Å². The molecular formula is C5H11P. The van der Waals surface area contributed by atoms with E-state index in [0.29, 0.717) is 5.92 Å². The molecule has 0 aliphatic carbocycles. The molecule has 0 bridgehead atoms. The fraction of sp³-hybridized carbons (Fsp3) is 0.600. The minimum atomic E-state index is 0. The van der Waals surface area contributed by atoms with Crippen molar-refractivity contribution in [2.45, 2.75) is 13.8 Å². The predicted octanol–water partition coefficient (Wildman–Crippen LogP) is 1.33. The van der Waals surface area contributed by atoms with E-state index in [9.17, 15) is 0 Å². The standard InChI is InChI=1S/C5H8.H3P/c1-4-5(2)3;/h1,5H,2-3H3;1H3. The van der Waals surface area contributed by atoms with Gasteiger partial charge in [0.05, 0.1) is 0 Å². The molecule has 36 valence electrons. The number of hydrogen-bond acceptors (Lipinski definition) is 0. The average Bonchev–Trinajstić information content (AvgIpc) is 1.38. The molecule has 1 unspecified atom stereocenters. The van der Waals surface area contributed by atoms with Crippen LogP contribution in [0.15, 0.2) is 0 Å². The van der Waals surface area contributed by atoms with Crippen molar-refractivity contribution in [3.8, 4) is 12.3 Å². The first kappa shape index (κ1) is 9.37. The van der Waals surface area contributed by atoms with Crippen molar-refractivity contribution in [3.63, 3.8) is 0 Å². The maximum atomic E-state index is 4.92. The Labute approximate surface area is 42.9 Å². The van der Waals surface area contributed by atoms with E-state index >= 15 is 0 Å². The Bertz CT molecular complexity index is 49.4. The lowest BCUT2D eigenvalue weighted by Gasteiger charge is -1.80. The third-order valence-electron chi connectivity index (χ3n) is 0.333. The van der Waals surface area contributed by atoms with Gasteiger partial charge in [0.2, 0.25) is 0 Å². The van der Waals surface area contributed by atoms with Crippen LogP contribution in [0.4, 0.5) is 0 Å². The Kier molecular flexibility index (Phi) is 7.79. The Morgan fingerprint density at radius 3 is 1.67 bits per heavy atom. The van der Waals surface area contributed by atoms with Crippen LogP contribution in [0.2, 0.25) is 0 Å². The molecule has 0 aliphatic rings. The van der Waals surface area contributed by atoms with E-state index < -0.39 is 0 Å². The Balaban J connectivity index is 0. The first-order chi connectivity index (χ1) is 2.27. The van der Waals surface area contributed by atoms with E-state index in [-0.39, 0.29) is 9.90 Å². The van der Waals surface area contributed by atoms with Crippen LogP contribution in [0.3, 0.4) is 0 Å². The lowest BCUT2D eigenvalue weighted by molar-refractivity contribution is 0.868. The Morgan fingerprint density at radius 1 is 1.50 bits per heavy atom. The molecule has 0 aromatic rings. The van der Waals surface area contributed by atoms with Crippen LogP contribution < -0.4 is 0 Å². The zero-order valence-electron chi connectivity index (χ0n) is 4.36. The summed E-state index contributed by atoms with van der Waals surface area (Å²) in [6.07, 6.45) is 4.92. The molecule has 0 saturated carbocycles. The average molecular weight is 102 g/mol. The van der Waals surface area contributed by atoms with Crippen molar-refractivity contribution in [1.29, 1.82) is 0 Å². The second-order valence-corrected chi connectivity index (χ2v) is 1.32. The van der Waals surface area contributed by atoms with Crippen molar-refractivity contribution in [3.05, 3.63) is 0 Å². The largest absolute Gasteiger partial charge is 0.153 e. The number of terminal acetylenes is 1. The van der Waals surface area contributed by atoms with Crippen LogP contribution >= 0.6 is 9.90 Å². The van der Waals surface area contributed by atoms with Gasteiger partial charge in [0, 0.05) is 5.92 Å². The Morgan fingerprint density at radius 2 is 1.67 bits per heavy atom. The van der Waals surface area contributed by atoms with Crippen LogP contribution in [0.1, 0.15) is 13.8 Å². The summed E-state index contributed by atoms with van der Waals surface area (Å²) in [5.74, 6) is 2.94. The summed E-state index contributed by atoms with van der Waals surface area (Å²) >= 11 is 0. The highest BCUT2D eigenvalue weighted by molar-refractivity contribution is 6.92. The molecular weight excluding hydrogens is 91.0 g/mol. The van der Waals surface area contributed by atoms with Gasteiger partial charge in [-0.2, -0.15) is 9.90 Å². The minimum absolute atomic E-state index is 0. The molecule has 6 heavy (non-hydrogen) atoms. The normalized spacial score (nSPS) is 6.33. The molecule has 0 radical (unpaired) electrons. The fourth-order valence-corrected chi connectivity index (χ4v) is 0. The van der Waals surface area contributed by atoms with Crippen LogP contribution in [-0.4, -0.2) is 0 Å². The number of rotatable bonds is 0. The third-order valence-corrected chi connectivity index (χ3v) is 0.333. The summed E-state index contributed by atoms with van der Waals surface area (Å²) in [7, 11) is 0. The first-order valence-corrected chi connectivity index (χ1v) is 1.73. The molecule has 0 aromatic carbocycles. The lowest BCUT2D eigenvalue weighted by Crippen LogP contribution is -1.72. The highest BCUT2D eigenvalue weighted by Gasteiger charge is 1.74. The summed E-state index contributed by atoms with van der Waals surface area (Å²) in [6, 6.07) is 0. The van der Waals surface area contributed by atoms with Gasteiger partial charge in [0.1, 0.15) is 0 Å². The van der Waals surface area contributed by atoms with Crippen molar-refractivity contribution >= 4 is 9.90 Å². The first-order valence-electron chi connectivity index (χ1n) is 1.73. The number of hydrogen-bond donors (Lipinski definition) is 0. The molecule has 0 N–H and O–H groups in total. The summed E-state index contributed by atoms with van der Waals surface area (Å²) in [5, 5.41) is 0. The second-order valence-electron chi connectivity index (χ2n) is 1.32. The second kappa shape index (κ2) is 4.99. The van der Waals surface area contributed by atoms with Gasteiger partial charge >= 0.3 is 0 Å². The molecule has 0 aliphatic heterocycles. The highest BCUT2D eigenvalue weighted by Crippen LogP contribution is 1.81. The van der Waals surface area contributed by atoms with Crippen LogP contribution in [0.25, 0.3) is 0 Å². The smallest absolute Gasteiger partial charge is 0.0143 e. The zero-order chi connectivity index (χ0) is 4.28. The van der Waals surface area contributed by atoms with Gasteiger partial charge in [-0.3, -0.25) is 0 Å². The van der Waals surface area contributed by atoms with E-state index in [4.69, 9.17) is 6.42 Å². The van der Waals surface area contributed by atoms with E-state index in [1.165, 1.54) is 0 Å². The zero-order valence-corrected chi connectivity index (χ0v) is 5.78. The summed E-state index contributed by atoms with van der Waals surface area (Å²) in [4.78, 5) is 0. The fourth-order valence-electron chi connectivity index (χ4n) is 0. The minimum Gasteiger partial charge on any atom is -0.153 e. The van der Waals surface area contributed by atoms with Crippen molar-refractivity contribution in [1.82, 2.24) is 0 Å². The highest BCUT2D eigenvalue weighted by atomic mass is 31.0. The van der Waals surface area contributed by atoms with Gasteiger partial charge in [0.25, 0.3) is 0 Å². The maximum absolute atomic E-state index is 4.92. The summed E-state index contributed by atoms with van der Waals surface area (Å²) in [5.41, 5.74) is 0. The van der Waals surface area contributed by atoms with E-state index in [1.807, 2.05) is 13.8 Å². The molecule has 0 nitrogen and oxygen atoms in total. The molecule has 0 saturated heterocycles. The van der Waals surface area contributed by atoms with Gasteiger partial charge in [-0.1, -0.05) is 13.8 Å². The monoisotopic (exact) mass is 102 g/mol. The van der Waals surface area contributed by atoms with Gasteiger partial charge in [0.15, 0.2) is 0 Å². The molecule has 0 rings (SSSR count). The van der Waals surface area contributed by atoms with Gasteiger partial charge in [-0.05, 0) is 0 Å². The van der Waals surface area contributed by atoms with Gasteiger partial charge < -0.3 is 0 Å². The van der Waals surface area contributed by atoms with Crippen molar-refractivity contribution in [2.75, 3.05) is 0 Å². The third kappa shape index (κ3) is 9.01. The molecule has 0 heterocycles. The van der Waals surface area contributed by atoms with Crippen LogP contribution in [-0.2, 0) is 0 Å². The molecule has 0 spiro atoms.